The summed E-state index contributed by atoms with van der Waals surface area (Å²) >= 11 is 1.68. The van der Waals surface area contributed by atoms with Gasteiger partial charge in [0.2, 0.25) is 6.79 Å². The number of carboxylic acids is 1. The molecule has 0 aliphatic carbocycles. The molecule has 0 unspecified atom stereocenters. The lowest BCUT2D eigenvalue weighted by Crippen LogP contribution is -2.05. The van der Waals surface area contributed by atoms with Crippen LogP contribution in [0.1, 0.15) is 48.4 Å². The van der Waals surface area contributed by atoms with E-state index in [1.54, 1.807) is 11.3 Å². The zero-order valence-electron chi connectivity index (χ0n) is 16.9. The molecule has 0 saturated carbocycles. The minimum atomic E-state index is -0.727. The number of aliphatic carboxylic acids is 1. The number of nitrogens with zero attached hydrogens (tertiary/aromatic N) is 2. The van der Waals surface area contributed by atoms with E-state index in [2.05, 4.69) is 18.3 Å². The van der Waals surface area contributed by atoms with Crippen LogP contribution in [-0.2, 0) is 17.8 Å². The van der Waals surface area contributed by atoms with E-state index in [1.165, 1.54) is 4.88 Å². The Morgan fingerprint density at radius 2 is 1.97 bits per heavy atom. The van der Waals surface area contributed by atoms with E-state index in [9.17, 15) is 4.79 Å². The maximum absolute atomic E-state index is 10.6. The Kier molecular flexibility index (Phi) is 6.32. The Bertz CT molecular complexity index is 1050. The van der Waals surface area contributed by atoms with Crippen molar-refractivity contribution in [2.24, 2.45) is 0 Å². The van der Waals surface area contributed by atoms with Gasteiger partial charge >= 0.3 is 5.97 Å². The molecule has 0 saturated heterocycles. The molecule has 7 nitrogen and oxygen atoms in total. The number of ether oxygens (including phenoxy) is 2. The van der Waals surface area contributed by atoms with Gasteiger partial charge in [0.15, 0.2) is 11.5 Å². The Labute approximate surface area is 179 Å². The fourth-order valence-electron chi connectivity index (χ4n) is 3.48. The molecule has 1 aliphatic heterocycles. The summed E-state index contributed by atoms with van der Waals surface area (Å²) < 4.78 is 10.8. The molecule has 3 heterocycles. The standard InChI is InChI=1S/C22H25N3O4S/c1-14-10-16-21(23-12-15-8-9-17-18(11-15)29-13-28-17)24-19(25-22(16)30-14)6-4-2-3-5-7-20(26)27/h8-11H,2-7,12-13H2,1H3,(H,26,27)(H,23,24,25). The zero-order chi connectivity index (χ0) is 20.9. The van der Waals surface area contributed by atoms with E-state index in [4.69, 9.17) is 24.5 Å². The Hall–Kier alpha value is -2.87. The molecular weight excluding hydrogens is 402 g/mol. The van der Waals surface area contributed by atoms with E-state index < -0.39 is 5.97 Å². The van der Waals surface area contributed by atoms with Gasteiger partial charge in [0.25, 0.3) is 0 Å². The Morgan fingerprint density at radius 3 is 2.83 bits per heavy atom. The highest BCUT2D eigenvalue weighted by Gasteiger charge is 2.14. The second-order valence-corrected chi connectivity index (χ2v) is 8.65. The van der Waals surface area contributed by atoms with Gasteiger partial charge in [-0.15, -0.1) is 11.3 Å². The first-order chi connectivity index (χ1) is 14.6. The van der Waals surface area contributed by atoms with Gasteiger partial charge < -0.3 is 19.9 Å². The summed E-state index contributed by atoms with van der Waals surface area (Å²) in [5, 5.41) is 13.2. The lowest BCUT2D eigenvalue weighted by molar-refractivity contribution is -0.137. The maximum Gasteiger partial charge on any atom is 0.303 e. The van der Waals surface area contributed by atoms with Crippen molar-refractivity contribution in [2.45, 2.75) is 52.0 Å². The van der Waals surface area contributed by atoms with Crippen molar-refractivity contribution in [1.29, 1.82) is 0 Å². The van der Waals surface area contributed by atoms with E-state index in [-0.39, 0.29) is 13.2 Å². The second kappa shape index (κ2) is 9.30. The van der Waals surface area contributed by atoms with E-state index >= 15 is 0 Å². The number of thiophene rings is 1. The third-order valence-corrected chi connectivity index (χ3v) is 5.94. The SMILES string of the molecule is Cc1cc2c(NCc3ccc4c(c3)OCO4)nc(CCCCCCC(=O)O)nc2s1. The molecule has 3 aromatic rings. The number of benzene rings is 1. The predicted octanol–water partition coefficient (Wildman–Crippen LogP) is 4.92. The van der Waals surface area contributed by atoms with E-state index in [0.717, 1.165) is 71.0 Å². The molecule has 0 atom stereocenters. The predicted molar refractivity (Wildman–Crippen MR) is 116 cm³/mol. The number of hydrogen-bond donors (Lipinski definition) is 2. The first-order valence-corrected chi connectivity index (χ1v) is 11.0. The second-order valence-electron chi connectivity index (χ2n) is 7.41. The number of carbonyl (C=O) groups is 1. The number of hydrogen-bond acceptors (Lipinski definition) is 7. The highest BCUT2D eigenvalue weighted by Crippen LogP contribution is 2.33. The first-order valence-electron chi connectivity index (χ1n) is 10.2. The number of carboxylic acid groups (broad SMARTS) is 1. The van der Waals surface area contributed by atoms with Crippen LogP contribution in [0.2, 0.25) is 0 Å². The fraction of sp³-hybridized carbons (Fsp3) is 0.409. The van der Waals surface area contributed by atoms with Crippen molar-refractivity contribution >= 4 is 33.3 Å². The number of nitrogens with one attached hydrogen (secondary N) is 1. The maximum atomic E-state index is 10.6. The smallest absolute Gasteiger partial charge is 0.303 e. The molecule has 1 aliphatic rings. The molecule has 30 heavy (non-hydrogen) atoms. The van der Waals surface area contributed by atoms with Crippen molar-refractivity contribution in [3.05, 3.63) is 40.5 Å². The molecule has 158 valence electrons. The van der Waals surface area contributed by atoms with Crippen molar-refractivity contribution in [3.8, 4) is 11.5 Å². The average molecular weight is 428 g/mol. The summed E-state index contributed by atoms with van der Waals surface area (Å²) in [5.41, 5.74) is 1.10. The number of aromatic nitrogens is 2. The molecule has 1 aromatic carbocycles. The third kappa shape index (κ3) is 4.99. The van der Waals surface area contributed by atoms with Gasteiger partial charge in [-0.3, -0.25) is 4.79 Å². The summed E-state index contributed by atoms with van der Waals surface area (Å²) in [6, 6.07) is 8.07. The van der Waals surface area contributed by atoms with Crippen LogP contribution < -0.4 is 14.8 Å². The number of rotatable bonds is 10. The van der Waals surface area contributed by atoms with Crippen molar-refractivity contribution in [3.63, 3.8) is 0 Å². The monoisotopic (exact) mass is 427 g/mol. The lowest BCUT2D eigenvalue weighted by atomic mass is 10.1. The molecular formula is C22H25N3O4S. The van der Waals surface area contributed by atoms with E-state index in [1.807, 2.05) is 18.2 Å². The van der Waals surface area contributed by atoms with Gasteiger partial charge in [0.05, 0.1) is 5.39 Å². The molecule has 0 spiro atoms. The first kappa shape index (κ1) is 20.4. The van der Waals surface area contributed by atoms with Gasteiger partial charge in [-0.1, -0.05) is 18.9 Å². The van der Waals surface area contributed by atoms with Crippen LogP contribution in [0.5, 0.6) is 11.5 Å². The van der Waals surface area contributed by atoms with Gasteiger partial charge in [-0.25, -0.2) is 9.97 Å². The minimum Gasteiger partial charge on any atom is -0.481 e. The molecule has 2 aromatic heterocycles. The van der Waals surface area contributed by atoms with Gasteiger partial charge in [0.1, 0.15) is 16.5 Å². The lowest BCUT2D eigenvalue weighted by Gasteiger charge is -2.10. The minimum absolute atomic E-state index is 0.241. The topological polar surface area (TPSA) is 93.6 Å². The quantitative estimate of drug-likeness (QED) is 0.444. The molecule has 0 bridgehead atoms. The molecule has 4 rings (SSSR count). The number of unbranched alkanes of at least 4 members (excludes halogenated alkanes) is 3. The largest absolute Gasteiger partial charge is 0.481 e. The summed E-state index contributed by atoms with van der Waals surface area (Å²) in [6.07, 6.45) is 4.61. The Balaban J connectivity index is 1.41. The molecule has 0 radical (unpaired) electrons. The van der Waals surface area contributed by atoms with Crippen LogP contribution in [0.3, 0.4) is 0 Å². The Morgan fingerprint density at radius 1 is 1.13 bits per heavy atom. The van der Waals surface area contributed by atoms with Crippen molar-refractivity contribution in [1.82, 2.24) is 9.97 Å². The van der Waals surface area contributed by atoms with Crippen LogP contribution in [0.15, 0.2) is 24.3 Å². The van der Waals surface area contributed by atoms with Crippen molar-refractivity contribution < 1.29 is 19.4 Å². The number of anilines is 1. The van der Waals surface area contributed by atoms with Gasteiger partial charge in [0, 0.05) is 24.3 Å². The summed E-state index contributed by atoms with van der Waals surface area (Å²) in [4.78, 5) is 22.3. The zero-order valence-corrected chi connectivity index (χ0v) is 17.8. The van der Waals surface area contributed by atoms with Crippen LogP contribution in [-0.4, -0.2) is 27.8 Å². The van der Waals surface area contributed by atoms with Crippen LogP contribution in [0.4, 0.5) is 5.82 Å². The number of aryl methyl sites for hydroxylation is 2. The highest BCUT2D eigenvalue weighted by molar-refractivity contribution is 7.18. The normalized spacial score (nSPS) is 12.4. The fourth-order valence-corrected chi connectivity index (χ4v) is 4.38. The molecule has 2 N–H and O–H groups in total. The van der Waals surface area contributed by atoms with Crippen molar-refractivity contribution in [2.75, 3.05) is 12.1 Å². The summed E-state index contributed by atoms with van der Waals surface area (Å²) in [5.74, 6) is 2.51. The van der Waals surface area contributed by atoms with Crippen LogP contribution in [0, 0.1) is 6.92 Å². The molecule has 0 fully saturated rings. The van der Waals surface area contributed by atoms with E-state index in [0.29, 0.717) is 6.54 Å². The highest BCUT2D eigenvalue weighted by atomic mass is 32.1. The molecule has 0 amide bonds. The van der Waals surface area contributed by atoms with Gasteiger partial charge in [-0.05, 0) is 43.5 Å². The third-order valence-electron chi connectivity index (χ3n) is 5.00. The average Bonchev–Trinajstić information content (AvgIpc) is 3.33. The van der Waals surface area contributed by atoms with Crippen LogP contribution in [0.25, 0.3) is 10.2 Å². The van der Waals surface area contributed by atoms with Gasteiger partial charge in [-0.2, -0.15) is 0 Å². The summed E-state index contributed by atoms with van der Waals surface area (Å²) in [6.45, 7) is 2.98. The van der Waals surface area contributed by atoms with Crippen LogP contribution >= 0.6 is 11.3 Å². The summed E-state index contributed by atoms with van der Waals surface area (Å²) in [7, 11) is 0. The number of fused-ring (bicyclic) bond motifs is 2. The molecule has 8 heteroatoms.